The first-order valence-corrected chi connectivity index (χ1v) is 8.82. The van der Waals surface area contributed by atoms with Crippen molar-refractivity contribution in [2.75, 3.05) is 5.32 Å². The second kappa shape index (κ2) is 8.86. The van der Waals surface area contributed by atoms with E-state index < -0.39 is 0 Å². The molecule has 0 aliphatic rings. The first-order chi connectivity index (χ1) is 12.7. The van der Waals surface area contributed by atoms with E-state index in [0.717, 1.165) is 17.0 Å². The van der Waals surface area contributed by atoms with Gasteiger partial charge in [0.15, 0.2) is 0 Å². The summed E-state index contributed by atoms with van der Waals surface area (Å²) in [6.07, 6.45) is 0.455. The number of benzene rings is 3. The molecule has 0 aliphatic heterocycles. The molecule has 0 heterocycles. The van der Waals surface area contributed by atoms with Crippen LogP contribution in [0.5, 0.6) is 5.75 Å². The molecule has 1 atom stereocenters. The molecular formula is C23H23NO2. The highest BCUT2D eigenvalue weighted by atomic mass is 16.5. The molecule has 0 saturated heterocycles. The smallest absolute Gasteiger partial charge is 0.224 e. The van der Waals surface area contributed by atoms with E-state index >= 15 is 0 Å². The van der Waals surface area contributed by atoms with Crippen LogP contribution in [0.2, 0.25) is 0 Å². The summed E-state index contributed by atoms with van der Waals surface area (Å²) in [7, 11) is 0. The van der Waals surface area contributed by atoms with Gasteiger partial charge in [0.25, 0.3) is 0 Å². The van der Waals surface area contributed by atoms with E-state index in [1.807, 2.05) is 72.8 Å². The van der Waals surface area contributed by atoms with Crippen LogP contribution in [-0.4, -0.2) is 5.91 Å². The lowest BCUT2D eigenvalue weighted by Gasteiger charge is -2.12. The third-order valence-electron chi connectivity index (χ3n) is 4.25. The predicted octanol–water partition coefficient (Wildman–Crippen LogP) is 5.40. The Labute approximate surface area is 154 Å². The van der Waals surface area contributed by atoms with Crippen molar-refractivity contribution in [2.24, 2.45) is 0 Å². The Balaban J connectivity index is 1.50. The summed E-state index contributed by atoms with van der Waals surface area (Å²) in [6.45, 7) is 2.59. The number of amides is 1. The van der Waals surface area contributed by atoms with E-state index in [2.05, 4.69) is 24.4 Å². The Bertz CT molecular complexity index is 814. The maximum atomic E-state index is 12.2. The van der Waals surface area contributed by atoms with Gasteiger partial charge in [-0.3, -0.25) is 4.79 Å². The number of carbonyl (C=O) groups is 1. The zero-order chi connectivity index (χ0) is 18.2. The molecule has 0 bridgehead atoms. The molecule has 1 N–H and O–H groups in total. The van der Waals surface area contributed by atoms with Crippen LogP contribution in [0.4, 0.5) is 5.69 Å². The van der Waals surface area contributed by atoms with Gasteiger partial charge >= 0.3 is 0 Å². The van der Waals surface area contributed by atoms with Crippen molar-refractivity contribution in [3.05, 3.63) is 96.1 Å². The maximum Gasteiger partial charge on any atom is 0.224 e. The highest BCUT2D eigenvalue weighted by molar-refractivity contribution is 5.91. The first-order valence-electron chi connectivity index (χ1n) is 8.82. The lowest BCUT2D eigenvalue weighted by molar-refractivity contribution is -0.116. The molecule has 0 spiro atoms. The molecule has 26 heavy (non-hydrogen) atoms. The molecule has 0 aromatic heterocycles. The number of hydrogen-bond donors (Lipinski definition) is 1. The van der Waals surface area contributed by atoms with Crippen molar-refractivity contribution < 1.29 is 9.53 Å². The minimum atomic E-state index is 0.0132. The summed E-state index contributed by atoms with van der Waals surface area (Å²) in [5.74, 6) is 0.980. The molecule has 3 heteroatoms. The summed E-state index contributed by atoms with van der Waals surface area (Å²) in [5, 5.41) is 2.95. The van der Waals surface area contributed by atoms with Crippen LogP contribution in [0.25, 0.3) is 0 Å². The molecule has 1 amide bonds. The monoisotopic (exact) mass is 345 g/mol. The van der Waals surface area contributed by atoms with Crippen molar-refractivity contribution in [1.82, 2.24) is 0 Å². The lowest BCUT2D eigenvalue weighted by Crippen LogP contribution is -2.14. The van der Waals surface area contributed by atoms with Gasteiger partial charge in [-0.25, -0.2) is 0 Å². The van der Waals surface area contributed by atoms with Crippen LogP contribution in [0, 0.1) is 0 Å². The first kappa shape index (κ1) is 17.7. The van der Waals surface area contributed by atoms with Crippen LogP contribution in [0.3, 0.4) is 0 Å². The molecule has 3 rings (SSSR count). The van der Waals surface area contributed by atoms with Crippen molar-refractivity contribution in [2.45, 2.75) is 25.9 Å². The van der Waals surface area contributed by atoms with Gasteiger partial charge in [-0.2, -0.15) is 0 Å². The van der Waals surface area contributed by atoms with E-state index in [-0.39, 0.29) is 11.8 Å². The van der Waals surface area contributed by atoms with Crippen LogP contribution in [0.15, 0.2) is 84.9 Å². The van der Waals surface area contributed by atoms with Crippen molar-refractivity contribution in [3.8, 4) is 5.75 Å². The summed E-state index contributed by atoms with van der Waals surface area (Å²) >= 11 is 0. The molecule has 3 aromatic rings. The Morgan fingerprint density at radius 2 is 1.50 bits per heavy atom. The standard InChI is InChI=1S/C23H23NO2/c1-18(20-10-6-3-7-11-20)16-23(25)24-21-12-14-22(15-13-21)26-17-19-8-4-2-5-9-19/h2-15,18H,16-17H2,1H3,(H,24,25)/t18-/m1/s1. The Hall–Kier alpha value is -3.07. The maximum absolute atomic E-state index is 12.2. The van der Waals surface area contributed by atoms with Gasteiger partial charge in [0, 0.05) is 12.1 Å². The van der Waals surface area contributed by atoms with E-state index in [0.29, 0.717) is 13.0 Å². The fourth-order valence-corrected chi connectivity index (χ4v) is 2.76. The number of anilines is 1. The summed E-state index contributed by atoms with van der Waals surface area (Å²) in [5.41, 5.74) is 3.08. The Kier molecular flexibility index (Phi) is 6.05. The Morgan fingerprint density at radius 1 is 0.885 bits per heavy atom. The quantitative estimate of drug-likeness (QED) is 0.623. The molecule has 0 saturated carbocycles. The fraction of sp³-hybridized carbons (Fsp3) is 0.174. The van der Waals surface area contributed by atoms with Gasteiger partial charge < -0.3 is 10.1 Å². The second-order valence-electron chi connectivity index (χ2n) is 6.36. The highest BCUT2D eigenvalue weighted by Crippen LogP contribution is 2.21. The number of carbonyl (C=O) groups excluding carboxylic acids is 1. The fourth-order valence-electron chi connectivity index (χ4n) is 2.76. The summed E-state index contributed by atoms with van der Waals surface area (Å²) in [4.78, 5) is 12.2. The molecule has 3 nitrogen and oxygen atoms in total. The zero-order valence-corrected chi connectivity index (χ0v) is 14.9. The van der Waals surface area contributed by atoms with Gasteiger partial charge in [-0.05, 0) is 41.3 Å². The van der Waals surface area contributed by atoms with Crippen LogP contribution >= 0.6 is 0 Å². The van der Waals surface area contributed by atoms with Gasteiger partial charge in [0.1, 0.15) is 12.4 Å². The van der Waals surface area contributed by atoms with Crippen LogP contribution in [0.1, 0.15) is 30.4 Å². The van der Waals surface area contributed by atoms with Gasteiger partial charge in [-0.1, -0.05) is 67.6 Å². The number of nitrogens with one attached hydrogen (secondary N) is 1. The van der Waals surface area contributed by atoms with Gasteiger partial charge in [0.2, 0.25) is 5.91 Å². The second-order valence-corrected chi connectivity index (χ2v) is 6.36. The Morgan fingerprint density at radius 3 is 2.15 bits per heavy atom. The summed E-state index contributed by atoms with van der Waals surface area (Å²) in [6, 6.07) is 27.6. The molecular weight excluding hydrogens is 322 g/mol. The average molecular weight is 345 g/mol. The largest absolute Gasteiger partial charge is 0.489 e. The van der Waals surface area contributed by atoms with Crippen LogP contribution in [-0.2, 0) is 11.4 Å². The van der Waals surface area contributed by atoms with E-state index in [9.17, 15) is 4.79 Å². The minimum Gasteiger partial charge on any atom is -0.489 e. The van der Waals surface area contributed by atoms with E-state index in [4.69, 9.17) is 4.74 Å². The number of ether oxygens (including phenoxy) is 1. The molecule has 0 aliphatic carbocycles. The molecule has 0 fully saturated rings. The SMILES string of the molecule is C[C@H](CC(=O)Nc1ccc(OCc2ccccc2)cc1)c1ccccc1. The third kappa shape index (κ3) is 5.21. The van der Waals surface area contributed by atoms with Crippen molar-refractivity contribution >= 4 is 11.6 Å². The minimum absolute atomic E-state index is 0.0132. The molecule has 132 valence electrons. The third-order valence-corrected chi connectivity index (χ3v) is 4.25. The van der Waals surface area contributed by atoms with E-state index in [1.54, 1.807) is 0 Å². The lowest BCUT2D eigenvalue weighted by atomic mass is 9.97. The molecule has 3 aromatic carbocycles. The van der Waals surface area contributed by atoms with Gasteiger partial charge in [0.05, 0.1) is 0 Å². The average Bonchev–Trinajstić information content (AvgIpc) is 2.69. The molecule has 0 radical (unpaired) electrons. The molecule has 0 unspecified atom stereocenters. The highest BCUT2D eigenvalue weighted by Gasteiger charge is 2.11. The summed E-state index contributed by atoms with van der Waals surface area (Å²) < 4.78 is 5.76. The zero-order valence-electron chi connectivity index (χ0n) is 14.9. The van der Waals surface area contributed by atoms with Crippen LogP contribution < -0.4 is 10.1 Å². The number of hydrogen-bond acceptors (Lipinski definition) is 2. The van der Waals surface area contributed by atoms with E-state index in [1.165, 1.54) is 5.56 Å². The van der Waals surface area contributed by atoms with Crippen molar-refractivity contribution in [3.63, 3.8) is 0 Å². The predicted molar refractivity (Wildman–Crippen MR) is 105 cm³/mol. The normalized spacial score (nSPS) is 11.6. The topological polar surface area (TPSA) is 38.3 Å². The van der Waals surface area contributed by atoms with Gasteiger partial charge in [-0.15, -0.1) is 0 Å². The number of rotatable bonds is 7. The van der Waals surface area contributed by atoms with Crippen molar-refractivity contribution in [1.29, 1.82) is 0 Å².